The van der Waals surface area contributed by atoms with Crippen molar-refractivity contribution in [3.8, 4) is 0 Å². The number of carbonyl (C=O) groups is 1. The average Bonchev–Trinajstić information content (AvgIpc) is 2.93. The Morgan fingerprint density at radius 1 is 1.31 bits per heavy atom. The molecule has 1 aromatic heterocycles. The van der Waals surface area contributed by atoms with Crippen LogP contribution < -0.4 is 10.9 Å². The van der Waals surface area contributed by atoms with Gasteiger partial charge in [-0.05, 0) is 31.0 Å². The average molecular weight is 373 g/mol. The molecule has 0 aliphatic carbocycles. The van der Waals surface area contributed by atoms with Crippen LogP contribution in [0.1, 0.15) is 33.9 Å². The lowest BCUT2D eigenvalue weighted by Crippen LogP contribution is -2.27. The molecule has 0 saturated heterocycles. The highest BCUT2D eigenvalue weighted by molar-refractivity contribution is 8.00. The Bertz CT molecular complexity index is 1040. The number of allylic oxidation sites excluding steroid dienone is 1. The molecule has 2 aromatic rings. The van der Waals surface area contributed by atoms with Gasteiger partial charge in [0.25, 0.3) is 11.5 Å². The molecule has 0 atom stereocenters. The maximum Gasteiger partial charge on any atom is 0.251 e. The van der Waals surface area contributed by atoms with E-state index in [1.807, 2.05) is 0 Å². The number of carbonyl (C=O) groups excluding carboxylic acids is 1. The van der Waals surface area contributed by atoms with Crippen molar-refractivity contribution < 1.29 is 13.2 Å². The van der Waals surface area contributed by atoms with Crippen molar-refractivity contribution in [2.45, 2.75) is 19.8 Å². The van der Waals surface area contributed by atoms with Gasteiger partial charge in [0, 0.05) is 30.3 Å². The number of aromatic amines is 1. The number of benzene rings is 1. The van der Waals surface area contributed by atoms with E-state index in [-0.39, 0.29) is 22.1 Å². The van der Waals surface area contributed by atoms with E-state index in [1.165, 1.54) is 6.07 Å². The molecule has 1 aliphatic heterocycles. The van der Waals surface area contributed by atoms with Gasteiger partial charge < -0.3 is 10.3 Å². The maximum atomic E-state index is 12.3. The first-order valence-corrected chi connectivity index (χ1v) is 9.89. The summed E-state index contributed by atoms with van der Waals surface area (Å²) >= 11 is 0. The van der Waals surface area contributed by atoms with Crippen molar-refractivity contribution >= 4 is 20.6 Å². The van der Waals surface area contributed by atoms with Crippen LogP contribution in [-0.2, 0) is 16.3 Å². The molecule has 0 bridgehead atoms. The Morgan fingerprint density at radius 3 is 2.81 bits per heavy atom. The van der Waals surface area contributed by atoms with Crippen LogP contribution in [0, 0.1) is 6.92 Å². The van der Waals surface area contributed by atoms with Crippen molar-refractivity contribution in [2.24, 2.45) is 0 Å². The molecule has 3 rings (SSSR count). The number of aryl methyl sites for hydroxylation is 1. The van der Waals surface area contributed by atoms with E-state index < -0.39 is 9.84 Å². The van der Waals surface area contributed by atoms with Gasteiger partial charge in [0.15, 0.2) is 9.84 Å². The third-order valence-electron chi connectivity index (χ3n) is 4.03. The molecule has 0 unspecified atom stereocenters. The Labute approximate surface area is 151 Å². The van der Waals surface area contributed by atoms with Crippen LogP contribution in [0.4, 0.5) is 0 Å². The first kappa shape index (κ1) is 18.1. The molecule has 2 heterocycles. The van der Waals surface area contributed by atoms with Gasteiger partial charge in [-0.15, -0.1) is 0 Å². The lowest BCUT2D eigenvalue weighted by atomic mass is 10.1. The van der Waals surface area contributed by atoms with Gasteiger partial charge >= 0.3 is 0 Å². The minimum Gasteiger partial charge on any atom is -0.352 e. The summed E-state index contributed by atoms with van der Waals surface area (Å²) in [5, 5.41) is 2.76. The van der Waals surface area contributed by atoms with E-state index in [2.05, 4.69) is 15.3 Å². The van der Waals surface area contributed by atoms with E-state index in [0.717, 1.165) is 0 Å². The van der Waals surface area contributed by atoms with Crippen molar-refractivity contribution in [3.63, 3.8) is 0 Å². The number of H-pyrrole nitrogens is 1. The van der Waals surface area contributed by atoms with E-state index in [4.69, 9.17) is 0 Å². The molecule has 0 saturated carbocycles. The third-order valence-corrected chi connectivity index (χ3v) is 5.87. The van der Waals surface area contributed by atoms with E-state index >= 15 is 0 Å². The summed E-state index contributed by atoms with van der Waals surface area (Å²) < 4.78 is 24.0. The quantitative estimate of drug-likeness (QED) is 0.819. The zero-order chi connectivity index (χ0) is 18.7. The molecule has 8 heteroatoms. The highest BCUT2D eigenvalue weighted by atomic mass is 32.2. The molecular weight excluding hydrogens is 354 g/mol. The number of rotatable bonds is 5. The first-order chi connectivity index (χ1) is 12.3. The molecule has 7 nitrogen and oxygen atoms in total. The Hall–Kier alpha value is -2.74. The van der Waals surface area contributed by atoms with Gasteiger partial charge in [-0.1, -0.05) is 18.2 Å². The van der Waals surface area contributed by atoms with Gasteiger partial charge in [-0.3, -0.25) is 9.59 Å². The number of aromatic nitrogens is 2. The SMILES string of the molecule is Cc1cc(=O)[nH]c(CCNC(=O)c2cccc(C3=CCCS3(=O)=O)c2)n1. The fourth-order valence-corrected chi connectivity index (χ4v) is 4.36. The normalized spacial score (nSPS) is 15.5. The summed E-state index contributed by atoms with van der Waals surface area (Å²) in [6.07, 6.45) is 2.57. The van der Waals surface area contributed by atoms with Crippen molar-refractivity contribution in [1.29, 1.82) is 0 Å². The number of hydrogen-bond donors (Lipinski definition) is 2. The van der Waals surface area contributed by atoms with Gasteiger partial charge in [-0.25, -0.2) is 13.4 Å². The predicted octanol–water partition coefficient (Wildman–Crippen LogP) is 1.21. The third kappa shape index (κ3) is 4.08. The summed E-state index contributed by atoms with van der Waals surface area (Å²) in [6, 6.07) is 7.97. The Balaban J connectivity index is 1.67. The number of amides is 1. The lowest BCUT2D eigenvalue weighted by molar-refractivity contribution is 0.0954. The number of nitrogens with zero attached hydrogens (tertiary/aromatic N) is 1. The van der Waals surface area contributed by atoms with Crippen LogP contribution >= 0.6 is 0 Å². The van der Waals surface area contributed by atoms with E-state index in [1.54, 1.807) is 37.3 Å². The highest BCUT2D eigenvalue weighted by Gasteiger charge is 2.24. The predicted molar refractivity (Wildman–Crippen MR) is 98.5 cm³/mol. The zero-order valence-electron chi connectivity index (χ0n) is 14.3. The molecule has 136 valence electrons. The van der Waals surface area contributed by atoms with Gasteiger partial charge in [0.1, 0.15) is 5.82 Å². The maximum absolute atomic E-state index is 12.3. The minimum absolute atomic E-state index is 0.112. The van der Waals surface area contributed by atoms with Crippen LogP contribution in [0.5, 0.6) is 0 Å². The summed E-state index contributed by atoms with van der Waals surface area (Å²) in [5.41, 5.74) is 1.31. The molecule has 0 spiro atoms. The molecule has 1 aromatic carbocycles. The summed E-state index contributed by atoms with van der Waals surface area (Å²) in [5.74, 6) is 0.310. The molecule has 0 radical (unpaired) electrons. The Morgan fingerprint density at radius 2 is 2.12 bits per heavy atom. The van der Waals surface area contributed by atoms with Gasteiger partial charge in [0.2, 0.25) is 0 Å². The summed E-state index contributed by atoms with van der Waals surface area (Å²) in [4.78, 5) is 30.8. The summed E-state index contributed by atoms with van der Waals surface area (Å²) in [7, 11) is -3.26. The van der Waals surface area contributed by atoms with Crippen molar-refractivity contribution in [3.05, 3.63) is 69.4 Å². The van der Waals surface area contributed by atoms with Gasteiger partial charge in [-0.2, -0.15) is 0 Å². The van der Waals surface area contributed by atoms with E-state index in [9.17, 15) is 18.0 Å². The molecule has 1 amide bonds. The van der Waals surface area contributed by atoms with E-state index in [0.29, 0.717) is 42.0 Å². The van der Waals surface area contributed by atoms with Crippen LogP contribution in [0.2, 0.25) is 0 Å². The highest BCUT2D eigenvalue weighted by Crippen LogP contribution is 2.28. The summed E-state index contributed by atoms with van der Waals surface area (Å²) in [6.45, 7) is 2.03. The van der Waals surface area contributed by atoms with Crippen LogP contribution in [0.15, 0.2) is 41.2 Å². The minimum atomic E-state index is -3.26. The van der Waals surface area contributed by atoms with Gasteiger partial charge in [0.05, 0.1) is 10.7 Å². The van der Waals surface area contributed by atoms with Crippen LogP contribution in [0.25, 0.3) is 4.91 Å². The molecule has 1 aliphatic rings. The molecule has 2 N–H and O–H groups in total. The second-order valence-corrected chi connectivity index (χ2v) is 8.17. The second kappa shape index (κ2) is 7.25. The zero-order valence-corrected chi connectivity index (χ0v) is 15.1. The topological polar surface area (TPSA) is 109 Å². The standard InChI is InChI=1S/C18H19N3O4S/c1-12-10-17(22)21-16(20-12)7-8-19-18(23)14-5-2-4-13(11-14)15-6-3-9-26(15,24)25/h2,4-6,10-11H,3,7-9H2,1H3,(H,19,23)(H,20,21,22). The van der Waals surface area contributed by atoms with Crippen LogP contribution in [0.3, 0.4) is 0 Å². The molecule has 0 fully saturated rings. The van der Waals surface area contributed by atoms with Crippen LogP contribution in [-0.4, -0.2) is 36.6 Å². The van der Waals surface area contributed by atoms with Crippen molar-refractivity contribution in [1.82, 2.24) is 15.3 Å². The molecule has 26 heavy (non-hydrogen) atoms. The number of nitrogens with one attached hydrogen (secondary N) is 2. The monoisotopic (exact) mass is 373 g/mol. The lowest BCUT2D eigenvalue weighted by Gasteiger charge is -2.08. The smallest absolute Gasteiger partial charge is 0.251 e. The second-order valence-electron chi connectivity index (χ2n) is 6.10. The van der Waals surface area contributed by atoms with Crippen molar-refractivity contribution in [2.75, 3.05) is 12.3 Å². The number of hydrogen-bond acceptors (Lipinski definition) is 5. The first-order valence-electron chi connectivity index (χ1n) is 8.23. The largest absolute Gasteiger partial charge is 0.352 e. The molecular formula is C18H19N3O4S. The number of sulfone groups is 1. The fourth-order valence-electron chi connectivity index (χ4n) is 2.85. The fraction of sp³-hybridized carbons (Fsp3) is 0.278. The Kier molecular flexibility index (Phi) is 5.03.